The monoisotopic (exact) mass is 572 g/mol. The van der Waals surface area contributed by atoms with E-state index in [9.17, 15) is 0 Å². The summed E-state index contributed by atoms with van der Waals surface area (Å²) in [6.07, 6.45) is 0. The SMILES string of the molecule is c1ccc(B2c3ccccc3Sc3c2c2c(c4sc5ccccc5c34)B(c3ccccc3)c3ccccc3S2)cc1. The smallest absolute Gasteiger partial charge is 0.136 e. The summed E-state index contributed by atoms with van der Waals surface area (Å²) < 4.78 is 2.80. The Morgan fingerprint density at radius 3 is 1.61 bits per heavy atom. The summed E-state index contributed by atoms with van der Waals surface area (Å²) in [5.41, 5.74) is 8.50. The highest BCUT2D eigenvalue weighted by atomic mass is 32.2. The number of benzene rings is 6. The highest BCUT2D eigenvalue weighted by Gasteiger charge is 2.42. The number of thiophene rings is 1. The normalized spacial score (nSPS) is 13.6. The molecular formula is C36H22B2S3. The zero-order chi connectivity index (χ0) is 26.9. The molecule has 0 saturated heterocycles. The van der Waals surface area contributed by atoms with Gasteiger partial charge >= 0.3 is 0 Å². The predicted octanol–water partition coefficient (Wildman–Crippen LogP) is 6.02. The lowest BCUT2D eigenvalue weighted by Crippen LogP contribution is -2.61. The molecule has 7 aromatic rings. The van der Waals surface area contributed by atoms with Gasteiger partial charge in [-0.1, -0.05) is 161 Å². The van der Waals surface area contributed by atoms with Gasteiger partial charge in [-0.05, 0) is 29.1 Å². The second-order valence-electron chi connectivity index (χ2n) is 10.8. The van der Waals surface area contributed by atoms with Crippen LogP contribution in [0.25, 0.3) is 20.2 Å². The summed E-state index contributed by atoms with van der Waals surface area (Å²) in [5, 5.41) is 2.81. The molecule has 5 heteroatoms. The summed E-state index contributed by atoms with van der Waals surface area (Å²) in [6.45, 7) is 0.359. The van der Waals surface area contributed by atoms with E-state index in [1.165, 1.54) is 72.5 Å². The van der Waals surface area contributed by atoms with Gasteiger partial charge in [0.1, 0.15) is 0 Å². The Bertz CT molecular complexity index is 2120. The topological polar surface area (TPSA) is 0 Å². The molecule has 2 aliphatic heterocycles. The maximum absolute atomic E-state index is 2.35. The van der Waals surface area contributed by atoms with Crippen molar-refractivity contribution in [3.8, 4) is 0 Å². The van der Waals surface area contributed by atoms with Crippen LogP contribution in [0.2, 0.25) is 0 Å². The van der Waals surface area contributed by atoms with Crippen LogP contribution in [0.1, 0.15) is 0 Å². The second-order valence-corrected chi connectivity index (χ2v) is 13.9. The molecule has 2 aliphatic rings. The molecule has 190 valence electrons. The molecule has 3 heterocycles. The fraction of sp³-hybridized carbons (Fsp3) is 0. The van der Waals surface area contributed by atoms with Crippen molar-refractivity contribution < 1.29 is 0 Å². The minimum atomic E-state index is 0.176. The Labute approximate surface area is 253 Å². The third-order valence-corrected chi connectivity index (χ3v) is 12.2. The van der Waals surface area contributed by atoms with Crippen molar-refractivity contribution in [2.75, 3.05) is 0 Å². The first-order valence-corrected chi connectivity index (χ1v) is 16.5. The van der Waals surface area contributed by atoms with Crippen LogP contribution in [0.3, 0.4) is 0 Å². The zero-order valence-electron chi connectivity index (χ0n) is 22.1. The van der Waals surface area contributed by atoms with E-state index >= 15 is 0 Å². The largest absolute Gasteiger partial charge is 0.245 e. The Balaban J connectivity index is 1.48. The fourth-order valence-electron chi connectivity index (χ4n) is 6.83. The van der Waals surface area contributed by atoms with E-state index < -0.39 is 0 Å². The molecule has 0 radical (unpaired) electrons. The van der Waals surface area contributed by atoms with Gasteiger partial charge < -0.3 is 0 Å². The van der Waals surface area contributed by atoms with Crippen LogP contribution in [-0.2, 0) is 0 Å². The van der Waals surface area contributed by atoms with Crippen molar-refractivity contribution >= 4 is 101 Å². The minimum absolute atomic E-state index is 0.176. The van der Waals surface area contributed by atoms with Crippen molar-refractivity contribution in [3.05, 3.63) is 133 Å². The van der Waals surface area contributed by atoms with Crippen molar-refractivity contribution in [3.63, 3.8) is 0 Å². The Hall–Kier alpha value is -3.63. The number of hydrogen-bond donors (Lipinski definition) is 0. The molecule has 0 spiro atoms. The highest BCUT2D eigenvalue weighted by molar-refractivity contribution is 8.01. The van der Waals surface area contributed by atoms with Gasteiger partial charge in [0.2, 0.25) is 13.4 Å². The summed E-state index contributed by atoms with van der Waals surface area (Å²) in [7, 11) is 0. The molecule has 41 heavy (non-hydrogen) atoms. The standard InChI is InChI=1S/C36H22B2S3/c1-3-13-23(14-4-1)37-26-18-8-11-21-29(26)40-35-31-25-17-7-10-20-28(25)39-34(31)32-36(33(35)37)41-30-22-12-9-19-27(30)38(32)24-15-5-2-6-16-24/h1-22H. The van der Waals surface area contributed by atoms with Crippen molar-refractivity contribution in [2.24, 2.45) is 0 Å². The second kappa shape index (κ2) is 9.46. The molecule has 0 aliphatic carbocycles. The molecule has 1 aromatic heterocycles. The van der Waals surface area contributed by atoms with Gasteiger partial charge in [0.15, 0.2) is 0 Å². The lowest BCUT2D eigenvalue weighted by molar-refractivity contribution is 1.41. The lowest BCUT2D eigenvalue weighted by atomic mass is 9.33. The molecule has 0 amide bonds. The van der Waals surface area contributed by atoms with Gasteiger partial charge in [-0.3, -0.25) is 0 Å². The summed E-state index contributed by atoms with van der Waals surface area (Å²) in [5.74, 6) is 0. The lowest BCUT2D eigenvalue weighted by Gasteiger charge is -2.34. The van der Waals surface area contributed by atoms with Crippen LogP contribution in [0.5, 0.6) is 0 Å². The van der Waals surface area contributed by atoms with E-state index in [1.807, 2.05) is 34.9 Å². The first-order valence-electron chi connectivity index (χ1n) is 14.0. The van der Waals surface area contributed by atoms with Crippen LogP contribution < -0.4 is 32.8 Å². The maximum Gasteiger partial charge on any atom is 0.245 e. The van der Waals surface area contributed by atoms with Gasteiger partial charge in [-0.2, -0.15) is 0 Å². The van der Waals surface area contributed by atoms with E-state index in [1.54, 1.807) is 0 Å². The van der Waals surface area contributed by atoms with Gasteiger partial charge in [-0.15, -0.1) is 11.3 Å². The van der Waals surface area contributed by atoms with Gasteiger partial charge in [0.25, 0.3) is 0 Å². The summed E-state index contributed by atoms with van der Waals surface area (Å²) in [4.78, 5) is 5.61. The van der Waals surface area contributed by atoms with Crippen LogP contribution in [0, 0.1) is 0 Å². The third kappa shape index (κ3) is 3.59. The van der Waals surface area contributed by atoms with Crippen molar-refractivity contribution in [1.29, 1.82) is 0 Å². The zero-order valence-corrected chi connectivity index (χ0v) is 24.5. The average molecular weight is 572 g/mol. The molecule has 0 atom stereocenters. The number of fused-ring (bicyclic) bond motifs is 10. The first-order chi connectivity index (χ1) is 20.4. The Kier molecular flexibility index (Phi) is 5.54. The summed E-state index contributed by atoms with van der Waals surface area (Å²) >= 11 is 5.93. The Morgan fingerprint density at radius 2 is 0.951 bits per heavy atom. The van der Waals surface area contributed by atoms with Crippen molar-refractivity contribution in [2.45, 2.75) is 19.6 Å². The molecule has 0 nitrogen and oxygen atoms in total. The Morgan fingerprint density at radius 1 is 0.439 bits per heavy atom. The molecular weight excluding hydrogens is 550 g/mol. The van der Waals surface area contributed by atoms with Crippen LogP contribution >= 0.6 is 34.9 Å². The molecule has 0 bridgehead atoms. The molecule has 0 fully saturated rings. The fourth-order valence-corrected chi connectivity index (χ4v) is 11.0. The average Bonchev–Trinajstić information content (AvgIpc) is 3.43. The van der Waals surface area contributed by atoms with E-state index in [4.69, 9.17) is 0 Å². The summed E-state index contributed by atoms with van der Waals surface area (Å²) in [6, 6.07) is 49.5. The third-order valence-electron chi connectivity index (χ3n) is 8.53. The molecule has 0 unspecified atom stereocenters. The quantitative estimate of drug-likeness (QED) is 0.233. The maximum atomic E-state index is 2.35. The van der Waals surface area contributed by atoms with E-state index in [0.29, 0.717) is 0 Å². The minimum Gasteiger partial charge on any atom is -0.136 e. The van der Waals surface area contributed by atoms with Crippen molar-refractivity contribution in [1.82, 2.24) is 0 Å². The van der Waals surface area contributed by atoms with Gasteiger partial charge in [0, 0.05) is 39.8 Å². The van der Waals surface area contributed by atoms with Gasteiger partial charge in [0.05, 0.1) is 0 Å². The van der Waals surface area contributed by atoms with E-state index in [0.717, 1.165) is 0 Å². The van der Waals surface area contributed by atoms with E-state index in [-0.39, 0.29) is 13.4 Å². The molecule has 0 saturated carbocycles. The highest BCUT2D eigenvalue weighted by Crippen LogP contribution is 2.45. The van der Waals surface area contributed by atoms with Crippen LogP contribution in [-0.4, -0.2) is 13.4 Å². The predicted molar refractivity (Wildman–Crippen MR) is 183 cm³/mol. The molecule has 9 rings (SSSR count). The van der Waals surface area contributed by atoms with E-state index in [2.05, 4.69) is 133 Å². The van der Waals surface area contributed by atoms with Crippen LogP contribution in [0.4, 0.5) is 0 Å². The number of hydrogen-bond acceptors (Lipinski definition) is 3. The number of rotatable bonds is 2. The molecule has 0 N–H and O–H groups in total. The molecule has 6 aromatic carbocycles. The first kappa shape index (κ1) is 24.0. The van der Waals surface area contributed by atoms with Crippen LogP contribution in [0.15, 0.2) is 153 Å². The van der Waals surface area contributed by atoms with Gasteiger partial charge in [-0.25, -0.2) is 0 Å².